The van der Waals surface area contributed by atoms with Gasteiger partial charge in [0.25, 0.3) is 5.91 Å². The van der Waals surface area contributed by atoms with Gasteiger partial charge in [-0.25, -0.2) is 0 Å². The zero-order valence-electron chi connectivity index (χ0n) is 12.2. The molecule has 0 radical (unpaired) electrons. The van der Waals surface area contributed by atoms with Crippen molar-refractivity contribution in [3.8, 4) is 0 Å². The summed E-state index contributed by atoms with van der Waals surface area (Å²) >= 11 is 7.41. The average Bonchev–Trinajstić information content (AvgIpc) is 3.17. The first kappa shape index (κ1) is 14.9. The highest BCUT2D eigenvalue weighted by atomic mass is 35.5. The van der Waals surface area contributed by atoms with Crippen molar-refractivity contribution >= 4 is 34.6 Å². The molecule has 0 aromatic carbocycles. The molecule has 114 valence electrons. The van der Waals surface area contributed by atoms with E-state index in [1.807, 2.05) is 17.0 Å². The van der Waals surface area contributed by atoms with Gasteiger partial charge < -0.3 is 9.74 Å². The Kier molecular flexibility index (Phi) is 4.22. The van der Waals surface area contributed by atoms with Crippen LogP contribution in [-0.2, 0) is 9.63 Å². The van der Waals surface area contributed by atoms with E-state index in [0.29, 0.717) is 18.4 Å². The molecule has 3 rings (SSSR count). The molecule has 2 aliphatic rings. The van der Waals surface area contributed by atoms with Crippen molar-refractivity contribution in [2.24, 2.45) is 11.1 Å². The van der Waals surface area contributed by atoms with Gasteiger partial charge in [0.2, 0.25) is 6.10 Å². The van der Waals surface area contributed by atoms with E-state index in [2.05, 4.69) is 19.0 Å². The molecule has 0 N–H and O–H groups in total. The van der Waals surface area contributed by atoms with Crippen molar-refractivity contribution in [3.63, 3.8) is 0 Å². The minimum atomic E-state index is -0.472. The van der Waals surface area contributed by atoms with E-state index >= 15 is 0 Å². The molecule has 0 bridgehead atoms. The van der Waals surface area contributed by atoms with Gasteiger partial charge in [-0.3, -0.25) is 4.79 Å². The third kappa shape index (κ3) is 2.94. The second kappa shape index (κ2) is 5.97. The van der Waals surface area contributed by atoms with Gasteiger partial charge in [0.15, 0.2) is 0 Å². The summed E-state index contributed by atoms with van der Waals surface area (Å²) in [6.07, 6.45) is 2.23. The summed E-state index contributed by atoms with van der Waals surface area (Å²) in [4.78, 5) is 21.0. The Morgan fingerprint density at radius 3 is 3.00 bits per heavy atom. The van der Waals surface area contributed by atoms with Crippen molar-refractivity contribution in [3.05, 3.63) is 21.3 Å². The van der Waals surface area contributed by atoms with E-state index in [1.165, 1.54) is 11.3 Å². The number of carbonyl (C=O) groups is 1. The second-order valence-electron chi connectivity index (χ2n) is 5.93. The molecule has 6 heteroatoms. The highest BCUT2D eigenvalue weighted by molar-refractivity contribution is 7.18. The van der Waals surface area contributed by atoms with Crippen LogP contribution < -0.4 is 0 Å². The molecule has 2 atom stereocenters. The predicted molar refractivity (Wildman–Crippen MR) is 84.9 cm³/mol. The number of nitrogens with zero attached hydrogens (tertiary/aromatic N) is 2. The zero-order chi connectivity index (χ0) is 15.0. The first-order chi connectivity index (χ1) is 10.1. The van der Waals surface area contributed by atoms with Gasteiger partial charge in [-0.1, -0.05) is 30.6 Å². The normalized spacial score (nSPS) is 25.3. The number of halogens is 1. The first-order valence-corrected chi connectivity index (χ1v) is 8.54. The Labute approximate surface area is 133 Å². The van der Waals surface area contributed by atoms with E-state index in [4.69, 9.17) is 16.4 Å². The minimum Gasteiger partial charge on any atom is -0.382 e. The topological polar surface area (TPSA) is 41.9 Å². The number of hydrogen-bond donors (Lipinski definition) is 0. The number of hydrogen-bond acceptors (Lipinski definition) is 4. The lowest BCUT2D eigenvalue weighted by molar-refractivity contribution is -0.143. The molecule has 2 unspecified atom stereocenters. The zero-order valence-corrected chi connectivity index (χ0v) is 13.8. The van der Waals surface area contributed by atoms with Crippen LogP contribution in [0.2, 0.25) is 4.34 Å². The lowest BCUT2D eigenvalue weighted by Gasteiger charge is -2.29. The van der Waals surface area contributed by atoms with Crippen molar-refractivity contribution < 1.29 is 9.63 Å². The first-order valence-electron chi connectivity index (χ1n) is 7.35. The van der Waals surface area contributed by atoms with Crippen LogP contribution in [0.15, 0.2) is 17.3 Å². The number of likely N-dealkylation sites (tertiary alicyclic amines) is 1. The summed E-state index contributed by atoms with van der Waals surface area (Å²) in [5, 5.41) is 4.08. The van der Waals surface area contributed by atoms with Gasteiger partial charge in [0.1, 0.15) is 5.71 Å². The molecule has 2 aliphatic heterocycles. The van der Waals surface area contributed by atoms with Crippen molar-refractivity contribution in [1.82, 2.24) is 4.90 Å². The SMILES string of the molecule is CC(C)C1CCCN1C(=O)C1CC(c2ccc(Cl)s2)=NO1. The van der Waals surface area contributed by atoms with Gasteiger partial charge in [0.05, 0.1) is 9.21 Å². The summed E-state index contributed by atoms with van der Waals surface area (Å²) in [7, 11) is 0. The van der Waals surface area contributed by atoms with E-state index in [9.17, 15) is 4.79 Å². The van der Waals surface area contributed by atoms with Crippen LogP contribution in [0.5, 0.6) is 0 Å². The van der Waals surface area contributed by atoms with Crippen molar-refractivity contribution in [1.29, 1.82) is 0 Å². The second-order valence-corrected chi connectivity index (χ2v) is 7.64. The summed E-state index contributed by atoms with van der Waals surface area (Å²) in [5.41, 5.74) is 0.825. The smallest absolute Gasteiger partial charge is 0.267 e. The quantitative estimate of drug-likeness (QED) is 0.852. The standard InChI is InChI=1S/C15H19ClN2O2S/c1-9(2)11-4-3-7-18(11)15(19)12-8-10(17-20-12)13-5-6-14(16)21-13/h5-6,9,11-12H,3-4,7-8H2,1-2H3. The van der Waals surface area contributed by atoms with Gasteiger partial charge in [-0.15, -0.1) is 11.3 Å². The predicted octanol–water partition coefficient (Wildman–Crippen LogP) is 3.54. The Balaban J connectivity index is 1.66. The maximum absolute atomic E-state index is 12.6. The van der Waals surface area contributed by atoms with Crippen LogP contribution in [0.3, 0.4) is 0 Å². The van der Waals surface area contributed by atoms with Gasteiger partial charge >= 0.3 is 0 Å². The van der Waals surface area contributed by atoms with Crippen molar-refractivity contribution in [2.75, 3.05) is 6.54 Å². The Bertz CT molecular complexity index is 570. The highest BCUT2D eigenvalue weighted by Crippen LogP contribution is 2.29. The van der Waals surface area contributed by atoms with Crippen LogP contribution in [0.25, 0.3) is 0 Å². The summed E-state index contributed by atoms with van der Waals surface area (Å²) in [6, 6.07) is 4.10. The molecule has 1 saturated heterocycles. The number of thiophene rings is 1. The minimum absolute atomic E-state index is 0.0765. The van der Waals surface area contributed by atoms with Crippen LogP contribution in [0.4, 0.5) is 0 Å². The average molecular weight is 327 g/mol. The van der Waals surface area contributed by atoms with Crippen LogP contribution in [0, 0.1) is 5.92 Å². The Morgan fingerprint density at radius 2 is 2.33 bits per heavy atom. The molecule has 0 aliphatic carbocycles. The maximum atomic E-state index is 12.6. The molecule has 1 fully saturated rings. The molecule has 1 aromatic rings. The molecule has 0 spiro atoms. The number of rotatable bonds is 3. The largest absolute Gasteiger partial charge is 0.382 e. The molecule has 1 aromatic heterocycles. The fourth-order valence-electron chi connectivity index (χ4n) is 3.07. The maximum Gasteiger partial charge on any atom is 0.267 e. The summed E-state index contributed by atoms with van der Waals surface area (Å²) < 4.78 is 0.724. The van der Waals surface area contributed by atoms with Crippen molar-refractivity contribution in [2.45, 2.75) is 45.3 Å². The Morgan fingerprint density at radius 1 is 1.52 bits per heavy atom. The molecule has 1 amide bonds. The molecule has 21 heavy (non-hydrogen) atoms. The molecular formula is C15H19ClN2O2S. The molecule has 4 nitrogen and oxygen atoms in total. The van der Waals surface area contributed by atoms with E-state index in [-0.39, 0.29) is 5.91 Å². The van der Waals surface area contributed by atoms with Crippen LogP contribution in [-0.4, -0.2) is 35.2 Å². The number of carbonyl (C=O) groups excluding carboxylic acids is 1. The molecule has 0 saturated carbocycles. The fourth-order valence-corrected chi connectivity index (χ4v) is 4.10. The van der Waals surface area contributed by atoms with Gasteiger partial charge in [-0.05, 0) is 30.9 Å². The van der Waals surface area contributed by atoms with E-state index in [0.717, 1.165) is 34.3 Å². The Hall–Kier alpha value is -1.07. The number of oxime groups is 1. The van der Waals surface area contributed by atoms with E-state index < -0.39 is 6.10 Å². The monoisotopic (exact) mass is 326 g/mol. The van der Waals surface area contributed by atoms with Crippen LogP contribution >= 0.6 is 22.9 Å². The van der Waals surface area contributed by atoms with Crippen LogP contribution in [0.1, 0.15) is 38.0 Å². The van der Waals surface area contributed by atoms with Gasteiger partial charge in [0, 0.05) is 19.0 Å². The third-order valence-electron chi connectivity index (χ3n) is 4.15. The number of amides is 1. The highest BCUT2D eigenvalue weighted by Gasteiger charge is 2.38. The van der Waals surface area contributed by atoms with Gasteiger partial charge in [-0.2, -0.15) is 0 Å². The fraction of sp³-hybridized carbons (Fsp3) is 0.600. The lowest BCUT2D eigenvalue weighted by Crippen LogP contribution is -2.44. The van der Waals surface area contributed by atoms with E-state index in [1.54, 1.807) is 0 Å². The summed E-state index contributed by atoms with van der Waals surface area (Å²) in [6.45, 7) is 5.17. The lowest BCUT2D eigenvalue weighted by atomic mass is 10.0. The molecule has 3 heterocycles. The third-order valence-corrected chi connectivity index (χ3v) is 5.43. The summed E-state index contributed by atoms with van der Waals surface area (Å²) in [5.74, 6) is 0.557. The molecular weight excluding hydrogens is 308 g/mol.